The fraction of sp³-hybridized carbons (Fsp3) is 0.615. The first-order chi connectivity index (χ1) is 8.67. The van der Waals surface area contributed by atoms with Crippen LogP contribution in [-0.4, -0.2) is 30.6 Å². The molecule has 1 aliphatic carbocycles. The van der Waals surface area contributed by atoms with E-state index in [9.17, 15) is 4.79 Å². The van der Waals surface area contributed by atoms with Gasteiger partial charge in [0.15, 0.2) is 0 Å². The number of thioether (sulfide) groups is 1. The third-order valence-corrected chi connectivity index (χ3v) is 5.75. The largest absolute Gasteiger partial charge is 0.469 e. The van der Waals surface area contributed by atoms with Crippen LogP contribution in [0.15, 0.2) is 12.1 Å². The number of hydrogen-bond acceptors (Lipinski definition) is 5. The first-order valence-corrected chi connectivity index (χ1v) is 8.12. The number of rotatable bonds is 7. The van der Waals surface area contributed by atoms with Gasteiger partial charge in [-0.1, -0.05) is 0 Å². The molecule has 3 nitrogen and oxygen atoms in total. The number of hydrogen-bond donors (Lipinski definition) is 1. The van der Waals surface area contributed by atoms with E-state index in [1.807, 2.05) is 17.8 Å². The van der Waals surface area contributed by atoms with Crippen molar-refractivity contribution < 1.29 is 9.53 Å². The zero-order chi connectivity index (χ0) is 13.0. The highest BCUT2D eigenvalue weighted by atomic mass is 32.2. The van der Waals surface area contributed by atoms with Gasteiger partial charge in [0.1, 0.15) is 0 Å². The van der Waals surface area contributed by atoms with Crippen LogP contribution in [0.3, 0.4) is 0 Å². The highest BCUT2D eigenvalue weighted by Crippen LogP contribution is 2.46. The number of thiophene rings is 1. The maximum absolute atomic E-state index is 11.1. The van der Waals surface area contributed by atoms with Crippen LogP contribution >= 0.6 is 23.1 Å². The van der Waals surface area contributed by atoms with Crippen molar-refractivity contribution in [2.24, 2.45) is 0 Å². The third kappa shape index (κ3) is 3.73. The summed E-state index contributed by atoms with van der Waals surface area (Å²) in [5.74, 6) is -0.171. The van der Waals surface area contributed by atoms with E-state index >= 15 is 0 Å². The van der Waals surface area contributed by atoms with E-state index in [4.69, 9.17) is 0 Å². The number of nitrogens with one attached hydrogen (secondary N) is 1. The average molecular weight is 285 g/mol. The highest BCUT2D eigenvalue weighted by molar-refractivity contribution is 8.00. The lowest BCUT2D eigenvalue weighted by atomic mass is 10.3. The Hall–Kier alpha value is -0.520. The van der Waals surface area contributed by atoms with Gasteiger partial charge in [0.2, 0.25) is 0 Å². The summed E-state index contributed by atoms with van der Waals surface area (Å²) in [5, 5.41) is 3.51. The molecule has 0 radical (unpaired) electrons. The maximum Gasteiger partial charge on any atom is 0.310 e. The topological polar surface area (TPSA) is 38.3 Å². The second-order valence-electron chi connectivity index (χ2n) is 4.61. The Balaban J connectivity index is 1.75. The molecule has 0 aliphatic heterocycles. The molecule has 1 aliphatic rings. The molecule has 5 heteroatoms. The molecule has 1 aromatic heterocycles. The summed E-state index contributed by atoms with van der Waals surface area (Å²) in [7, 11) is 1.43. The molecule has 1 heterocycles. The van der Waals surface area contributed by atoms with Gasteiger partial charge in [0.25, 0.3) is 0 Å². The standard InChI is InChI=1S/C13H19NO2S2/c1-16-12(15)7-10-3-4-11(18-10)8-14-9-13(17-2)5-6-13/h3-4,14H,5-9H2,1-2H3. The van der Waals surface area contributed by atoms with Crippen molar-refractivity contribution in [3.8, 4) is 0 Å². The highest BCUT2D eigenvalue weighted by Gasteiger charge is 2.41. The van der Waals surface area contributed by atoms with E-state index < -0.39 is 0 Å². The van der Waals surface area contributed by atoms with Crippen molar-refractivity contribution in [2.45, 2.75) is 30.6 Å². The Morgan fingerprint density at radius 1 is 1.50 bits per heavy atom. The van der Waals surface area contributed by atoms with Gasteiger partial charge in [-0.2, -0.15) is 11.8 Å². The van der Waals surface area contributed by atoms with Gasteiger partial charge in [-0.25, -0.2) is 0 Å². The molecule has 18 heavy (non-hydrogen) atoms. The molecule has 2 rings (SSSR count). The predicted molar refractivity (Wildman–Crippen MR) is 77.2 cm³/mol. The Bertz CT molecular complexity index is 413. The van der Waals surface area contributed by atoms with Gasteiger partial charge in [-0.05, 0) is 31.2 Å². The molecular formula is C13H19NO2S2. The predicted octanol–water partition coefficient (Wildman–Crippen LogP) is 2.45. The monoisotopic (exact) mass is 285 g/mol. The molecule has 0 amide bonds. The molecule has 1 N–H and O–H groups in total. The van der Waals surface area contributed by atoms with Crippen LogP contribution < -0.4 is 5.32 Å². The minimum atomic E-state index is -0.171. The molecule has 0 aromatic carbocycles. The van der Waals surface area contributed by atoms with Crippen molar-refractivity contribution in [3.05, 3.63) is 21.9 Å². The van der Waals surface area contributed by atoms with Crippen LogP contribution in [0.4, 0.5) is 0 Å². The van der Waals surface area contributed by atoms with Crippen LogP contribution in [0.2, 0.25) is 0 Å². The summed E-state index contributed by atoms with van der Waals surface area (Å²) in [6.07, 6.45) is 5.24. The quantitative estimate of drug-likeness (QED) is 0.781. The lowest BCUT2D eigenvalue weighted by molar-refractivity contribution is -0.139. The van der Waals surface area contributed by atoms with E-state index in [0.29, 0.717) is 11.2 Å². The zero-order valence-corrected chi connectivity index (χ0v) is 12.5. The van der Waals surface area contributed by atoms with E-state index in [1.54, 1.807) is 11.3 Å². The van der Waals surface area contributed by atoms with E-state index in [1.165, 1.54) is 24.8 Å². The minimum absolute atomic E-state index is 0.171. The lowest BCUT2D eigenvalue weighted by Gasteiger charge is -2.12. The van der Waals surface area contributed by atoms with Crippen LogP contribution in [0.5, 0.6) is 0 Å². The van der Waals surface area contributed by atoms with Gasteiger partial charge in [-0.3, -0.25) is 4.79 Å². The van der Waals surface area contributed by atoms with Gasteiger partial charge in [0.05, 0.1) is 13.5 Å². The Kier molecular flexibility index (Phi) is 4.70. The molecule has 0 bridgehead atoms. The first-order valence-electron chi connectivity index (χ1n) is 6.08. The maximum atomic E-state index is 11.1. The zero-order valence-electron chi connectivity index (χ0n) is 10.8. The van der Waals surface area contributed by atoms with E-state index in [0.717, 1.165) is 18.0 Å². The number of esters is 1. The van der Waals surface area contributed by atoms with Crippen LogP contribution in [-0.2, 0) is 22.5 Å². The number of methoxy groups -OCH3 is 1. The molecule has 0 saturated heterocycles. The molecule has 0 atom stereocenters. The van der Waals surface area contributed by atoms with Crippen molar-refractivity contribution in [2.75, 3.05) is 19.9 Å². The van der Waals surface area contributed by atoms with E-state index in [2.05, 4.69) is 22.4 Å². The second kappa shape index (κ2) is 6.08. The Morgan fingerprint density at radius 3 is 2.83 bits per heavy atom. The first kappa shape index (κ1) is 13.9. The summed E-state index contributed by atoms with van der Waals surface area (Å²) in [6, 6.07) is 4.11. The second-order valence-corrected chi connectivity index (χ2v) is 7.14. The molecule has 100 valence electrons. The fourth-order valence-electron chi connectivity index (χ4n) is 1.83. The summed E-state index contributed by atoms with van der Waals surface area (Å²) >= 11 is 3.65. The van der Waals surface area contributed by atoms with Crippen molar-refractivity contribution in [1.82, 2.24) is 5.32 Å². The lowest BCUT2D eigenvalue weighted by Crippen LogP contribution is -2.25. The van der Waals surface area contributed by atoms with Crippen LogP contribution in [0.1, 0.15) is 22.6 Å². The van der Waals surface area contributed by atoms with Crippen molar-refractivity contribution in [1.29, 1.82) is 0 Å². The normalized spacial score (nSPS) is 16.6. The van der Waals surface area contributed by atoms with Crippen LogP contribution in [0.25, 0.3) is 0 Å². The van der Waals surface area contributed by atoms with Crippen molar-refractivity contribution >= 4 is 29.1 Å². The smallest absolute Gasteiger partial charge is 0.310 e. The molecule has 0 spiro atoms. The minimum Gasteiger partial charge on any atom is -0.469 e. The van der Waals surface area contributed by atoms with Gasteiger partial charge < -0.3 is 10.1 Å². The number of carbonyl (C=O) groups excluding carboxylic acids is 1. The Morgan fingerprint density at radius 2 is 2.22 bits per heavy atom. The summed E-state index contributed by atoms with van der Waals surface area (Å²) < 4.78 is 5.17. The molecule has 1 saturated carbocycles. The van der Waals surface area contributed by atoms with Crippen molar-refractivity contribution in [3.63, 3.8) is 0 Å². The third-order valence-electron chi connectivity index (χ3n) is 3.25. The average Bonchev–Trinajstić information content (AvgIpc) is 3.03. The summed E-state index contributed by atoms with van der Waals surface area (Å²) in [4.78, 5) is 13.5. The number of ether oxygens (including phenoxy) is 1. The van der Waals surface area contributed by atoms with Gasteiger partial charge in [0, 0.05) is 27.6 Å². The van der Waals surface area contributed by atoms with Gasteiger partial charge >= 0.3 is 5.97 Å². The fourth-order valence-corrected chi connectivity index (χ4v) is 3.56. The molecule has 1 fully saturated rings. The Labute approximate surface area is 116 Å². The summed E-state index contributed by atoms with van der Waals surface area (Å²) in [5.41, 5.74) is 0. The van der Waals surface area contributed by atoms with E-state index in [-0.39, 0.29) is 5.97 Å². The van der Waals surface area contributed by atoms with Crippen LogP contribution in [0, 0.1) is 0 Å². The molecule has 0 unspecified atom stereocenters. The summed E-state index contributed by atoms with van der Waals surface area (Å²) in [6.45, 7) is 1.98. The molecular weight excluding hydrogens is 266 g/mol. The number of carbonyl (C=O) groups is 1. The van der Waals surface area contributed by atoms with Gasteiger partial charge in [-0.15, -0.1) is 11.3 Å². The SMILES string of the molecule is COC(=O)Cc1ccc(CNCC2(SC)CC2)s1. The molecule has 1 aromatic rings.